The van der Waals surface area contributed by atoms with E-state index in [4.69, 9.17) is 11.6 Å². The fourth-order valence-corrected chi connectivity index (χ4v) is 2.87. The number of aliphatic hydroxyl groups excluding tert-OH is 2. The van der Waals surface area contributed by atoms with Crippen LogP contribution in [0.5, 0.6) is 0 Å². The Hall–Kier alpha value is -2.97. The van der Waals surface area contributed by atoms with Crippen LogP contribution in [0.15, 0.2) is 48.5 Å². The smallest absolute Gasteiger partial charge is 0.0662 e. The van der Waals surface area contributed by atoms with E-state index in [9.17, 15) is 0 Å². The molecule has 0 atom stereocenters. The third-order valence-electron chi connectivity index (χ3n) is 4.06. The van der Waals surface area contributed by atoms with Crippen molar-refractivity contribution in [2.75, 3.05) is 13.2 Å². The van der Waals surface area contributed by atoms with Crippen molar-refractivity contribution < 1.29 is 28.4 Å². The summed E-state index contributed by atoms with van der Waals surface area (Å²) in [6, 6.07) is 14.1. The van der Waals surface area contributed by atoms with Crippen LogP contribution in [0.2, 0.25) is 0 Å². The zero-order valence-corrected chi connectivity index (χ0v) is 16.4. The minimum Gasteiger partial charge on any atom is -0.394 e. The Bertz CT molecular complexity index is 1260. The normalized spacial score (nSPS) is 12.0. The number of aromatic nitrogens is 4. The molecule has 2 aliphatic rings. The van der Waals surface area contributed by atoms with Gasteiger partial charge in [0.15, 0.2) is 0 Å². The molecule has 0 spiro atoms. The van der Waals surface area contributed by atoms with Gasteiger partial charge in [-0.3, -0.25) is 0 Å². The maximum atomic E-state index is 8.14. The van der Waals surface area contributed by atoms with Gasteiger partial charge in [-0.25, -0.2) is 9.97 Å². The summed E-state index contributed by atoms with van der Waals surface area (Å²) in [6.07, 6.45) is 7.88. The molecule has 0 saturated heterocycles. The molecule has 4 N–H and O–H groups in total. The van der Waals surface area contributed by atoms with Gasteiger partial charge >= 0.3 is 0 Å². The molecule has 0 unspecified atom stereocenters. The molecule has 0 amide bonds. The summed E-state index contributed by atoms with van der Waals surface area (Å²) in [5.41, 5.74) is 7.04. The Labute approximate surface area is 179 Å². The Morgan fingerprint density at radius 1 is 0.655 bits per heavy atom. The molecule has 1 radical (unpaired) electrons. The van der Waals surface area contributed by atoms with Crippen molar-refractivity contribution in [3.8, 4) is 0 Å². The van der Waals surface area contributed by atoms with E-state index in [1.54, 1.807) is 6.07 Å². The number of fused-ring (bicyclic) bond motifs is 8. The van der Waals surface area contributed by atoms with Crippen LogP contribution in [0.4, 0.5) is 0 Å². The van der Waals surface area contributed by atoms with Crippen LogP contribution in [-0.2, 0) is 16.8 Å². The van der Waals surface area contributed by atoms with Crippen molar-refractivity contribution in [3.05, 3.63) is 71.3 Å². The quantitative estimate of drug-likeness (QED) is 0.325. The Morgan fingerprint density at radius 3 is 1.48 bits per heavy atom. The number of nitrogens with zero attached hydrogens (tertiary/aromatic N) is 2. The molecule has 2 aliphatic heterocycles. The Morgan fingerprint density at radius 2 is 1.03 bits per heavy atom. The first kappa shape index (κ1) is 19.3. The van der Waals surface area contributed by atoms with Crippen molar-refractivity contribution in [2.45, 2.75) is 0 Å². The van der Waals surface area contributed by atoms with E-state index in [0.29, 0.717) is 6.04 Å². The molecule has 3 aromatic heterocycles. The molecule has 149 valence electrons. The van der Waals surface area contributed by atoms with Crippen LogP contribution in [0.3, 0.4) is 0 Å². The van der Waals surface area contributed by atoms with Crippen molar-refractivity contribution in [1.82, 2.24) is 19.9 Å². The first-order valence-electron chi connectivity index (χ1n) is 9.40. The molecule has 0 aromatic carbocycles. The van der Waals surface area contributed by atoms with Gasteiger partial charge in [-0.2, -0.15) is 0 Å². The van der Waals surface area contributed by atoms with E-state index in [-0.39, 0.29) is 30.0 Å². The minimum absolute atomic E-state index is 0. The molecule has 3 aromatic rings. The van der Waals surface area contributed by atoms with Crippen LogP contribution in [0.1, 0.15) is 24.1 Å². The topological polar surface area (TPSA) is 97.8 Å². The first-order chi connectivity index (χ1) is 14.1. The summed E-state index contributed by atoms with van der Waals surface area (Å²) in [5.74, 6) is 0. The maximum Gasteiger partial charge on any atom is 0.0662 e. The number of H-pyrrole nitrogens is 2. The number of aromatic amines is 2. The Kier molecular flexibility index (Phi) is 6.33. The second-order valence-corrected chi connectivity index (χ2v) is 6.27. The molecule has 7 heteroatoms. The van der Waals surface area contributed by atoms with Gasteiger partial charge in [0.1, 0.15) is 0 Å². The molecule has 8 bridgehead atoms. The molecule has 0 saturated carbocycles. The molecule has 29 heavy (non-hydrogen) atoms. The number of hydrogen-bond acceptors (Lipinski definition) is 4. The molecule has 6 nitrogen and oxygen atoms in total. The van der Waals surface area contributed by atoms with E-state index >= 15 is 0 Å². The number of nitrogens with one attached hydrogen (secondary N) is 2. The fraction of sp³-hybridized carbons (Fsp3) is 0.0909. The third-order valence-corrected chi connectivity index (χ3v) is 4.06. The van der Waals surface area contributed by atoms with Crippen LogP contribution < -0.4 is 0 Å². The maximum absolute atomic E-state index is 8.14. The number of rotatable bonds is 1. The van der Waals surface area contributed by atoms with E-state index in [1.807, 2.05) is 60.7 Å². The molecular formula is C22H20CoN4O2. The largest absolute Gasteiger partial charge is 0.394 e. The van der Waals surface area contributed by atoms with Crippen molar-refractivity contribution in [1.29, 1.82) is 0 Å². The van der Waals surface area contributed by atoms with Crippen LogP contribution in [-0.4, -0.2) is 43.4 Å². The average molecular weight is 432 g/mol. The SMILES string of the molecule is OCCO.[2H]c1cc2cc3nc(cc4ccc(cc5nc(cc1[nH]2)C=C5)[nH]4)C=C3.[Co]. The van der Waals surface area contributed by atoms with Gasteiger partial charge in [0.25, 0.3) is 0 Å². The summed E-state index contributed by atoms with van der Waals surface area (Å²) in [5, 5.41) is 15.2. The van der Waals surface area contributed by atoms with Crippen molar-refractivity contribution in [2.24, 2.45) is 0 Å². The minimum atomic E-state index is -0.125. The van der Waals surface area contributed by atoms with E-state index in [0.717, 1.165) is 44.8 Å². The zero-order chi connectivity index (χ0) is 20.2. The summed E-state index contributed by atoms with van der Waals surface area (Å²) in [6.45, 7) is -0.250. The third kappa shape index (κ3) is 5.30. The van der Waals surface area contributed by atoms with Crippen molar-refractivity contribution in [3.63, 3.8) is 0 Å². The van der Waals surface area contributed by atoms with Gasteiger partial charge < -0.3 is 20.2 Å². The summed E-state index contributed by atoms with van der Waals surface area (Å²) in [4.78, 5) is 15.8. The van der Waals surface area contributed by atoms with Gasteiger partial charge in [-0.1, -0.05) is 0 Å². The summed E-state index contributed by atoms with van der Waals surface area (Å²) in [7, 11) is 0. The van der Waals surface area contributed by atoms with Gasteiger partial charge in [0.05, 0.1) is 37.4 Å². The second-order valence-electron chi connectivity index (χ2n) is 6.27. The van der Waals surface area contributed by atoms with Crippen molar-refractivity contribution >= 4 is 46.4 Å². The van der Waals surface area contributed by atoms with Crippen LogP contribution in [0.25, 0.3) is 46.4 Å². The van der Waals surface area contributed by atoms with E-state index in [1.165, 1.54) is 0 Å². The first-order valence-corrected chi connectivity index (χ1v) is 8.90. The zero-order valence-electron chi connectivity index (χ0n) is 16.4. The molecule has 0 fully saturated rings. The van der Waals surface area contributed by atoms with Gasteiger partial charge in [0.2, 0.25) is 0 Å². The molecule has 0 aliphatic carbocycles. The molecule has 5 rings (SSSR count). The summed E-state index contributed by atoms with van der Waals surface area (Å²) < 4.78 is 8.14. The standard InChI is InChI=1S/C20H14N4.C2H6O2.Co/c1-2-14-10-16-5-6-18(23-16)12-20-8-7-19(24-20)11-17-4-3-15(22-17)9-13(1)21-14;3-1-2-4;/h1-12,21,24H;3-4H,1-2H2;/i1D;;. The van der Waals surface area contributed by atoms with Gasteiger partial charge in [-0.15, -0.1) is 0 Å². The Balaban J connectivity index is 0.000000473. The van der Waals surface area contributed by atoms with Crippen LogP contribution in [0, 0.1) is 0 Å². The van der Waals surface area contributed by atoms with Crippen LogP contribution >= 0.6 is 0 Å². The summed E-state index contributed by atoms with van der Waals surface area (Å²) >= 11 is 0. The predicted octanol–water partition coefficient (Wildman–Crippen LogP) is 3.62. The van der Waals surface area contributed by atoms with Gasteiger partial charge in [-0.05, 0) is 72.8 Å². The van der Waals surface area contributed by atoms with E-state index in [2.05, 4.69) is 19.9 Å². The molecule has 5 heterocycles. The monoisotopic (exact) mass is 432 g/mol. The van der Waals surface area contributed by atoms with E-state index < -0.39 is 0 Å². The second kappa shape index (κ2) is 9.49. The number of hydrogen-bond donors (Lipinski definition) is 4. The predicted molar refractivity (Wildman–Crippen MR) is 113 cm³/mol. The van der Waals surface area contributed by atoms with Gasteiger partial charge in [0, 0.05) is 38.8 Å². The average Bonchev–Trinajstić information content (AvgIpc) is 3.48. The fourth-order valence-electron chi connectivity index (χ4n) is 2.87. The number of aliphatic hydroxyl groups is 2. The molecular weight excluding hydrogens is 411 g/mol.